The zero-order valence-electron chi connectivity index (χ0n) is 18.7. The molecule has 0 atom stereocenters. The number of aromatic nitrogens is 2. The van der Waals surface area contributed by atoms with Gasteiger partial charge in [-0.05, 0) is 60.9 Å². The first kappa shape index (κ1) is 24.9. The van der Waals surface area contributed by atoms with E-state index in [9.17, 15) is 18.5 Å². The molecule has 3 aromatic rings. The molecule has 0 bridgehead atoms. The molecule has 3 rings (SSSR count). The molecule has 11 heteroatoms. The first-order chi connectivity index (χ1) is 16.2. The van der Waals surface area contributed by atoms with Gasteiger partial charge in [0.2, 0.25) is 15.0 Å². The molecule has 0 aliphatic rings. The van der Waals surface area contributed by atoms with Gasteiger partial charge in [-0.2, -0.15) is 14.6 Å². The summed E-state index contributed by atoms with van der Waals surface area (Å²) in [5.41, 5.74) is 2.80. The zero-order chi connectivity index (χ0) is 24.7. The van der Waals surface area contributed by atoms with Gasteiger partial charge in [0.15, 0.2) is 0 Å². The third kappa shape index (κ3) is 6.87. The van der Waals surface area contributed by atoms with Crippen molar-refractivity contribution in [2.45, 2.75) is 19.0 Å². The van der Waals surface area contributed by atoms with E-state index < -0.39 is 15.7 Å². The molecule has 176 valence electrons. The number of hydrogen-bond acceptors (Lipinski definition) is 9. The molecule has 1 N–H and O–H groups in total. The molecular weight excluding hydrogens is 476 g/mol. The molecule has 0 aliphatic carbocycles. The van der Waals surface area contributed by atoms with Gasteiger partial charge >= 0.3 is 0 Å². The summed E-state index contributed by atoms with van der Waals surface area (Å²) in [7, 11) is -3.58. The number of aryl methyl sites for hydroxylation is 2. The van der Waals surface area contributed by atoms with E-state index >= 15 is 0 Å². The molecule has 0 aliphatic heterocycles. The normalized spacial score (nSPS) is 11.5. The van der Waals surface area contributed by atoms with Crippen LogP contribution in [0.1, 0.15) is 16.7 Å². The molecule has 2 aromatic carbocycles. The Balaban J connectivity index is 1.54. The number of carbonyl (C=O) groups excluding carboxylic acids is 1. The molecular formula is C23H22N4O5S2. The maximum atomic E-state index is 12.4. The fourth-order valence-corrected chi connectivity index (χ4v) is 4.11. The first-order valence-electron chi connectivity index (χ1n) is 10.1. The number of amides is 1. The SMILES string of the molecule is Cc1ccc(OCCOc2ccc(/C=C(/C#N)C(=O)Nc3nc(S(C)(=O)=O)ns3)cc2)cc1C. The number of rotatable bonds is 9. The third-order valence-electron chi connectivity index (χ3n) is 4.61. The highest BCUT2D eigenvalue weighted by Crippen LogP contribution is 2.19. The minimum absolute atomic E-state index is 0.0154. The average molecular weight is 499 g/mol. The van der Waals surface area contributed by atoms with Crippen LogP contribution >= 0.6 is 11.5 Å². The van der Waals surface area contributed by atoms with Crippen LogP contribution in [-0.2, 0) is 14.6 Å². The van der Waals surface area contributed by atoms with Crippen molar-refractivity contribution in [2.24, 2.45) is 0 Å². The quantitative estimate of drug-likeness (QED) is 0.269. The Bertz CT molecular complexity index is 1360. The fourth-order valence-electron chi connectivity index (χ4n) is 2.67. The predicted molar refractivity (Wildman–Crippen MR) is 129 cm³/mol. The summed E-state index contributed by atoms with van der Waals surface area (Å²) in [4.78, 5) is 16.1. The van der Waals surface area contributed by atoms with Crippen molar-refractivity contribution >= 4 is 38.5 Å². The van der Waals surface area contributed by atoms with E-state index in [4.69, 9.17) is 9.47 Å². The molecule has 0 unspecified atom stereocenters. The number of hydrogen-bond donors (Lipinski definition) is 1. The highest BCUT2D eigenvalue weighted by molar-refractivity contribution is 7.90. The van der Waals surface area contributed by atoms with Gasteiger partial charge in [0.1, 0.15) is 36.4 Å². The number of benzene rings is 2. The lowest BCUT2D eigenvalue weighted by atomic mass is 10.1. The summed E-state index contributed by atoms with van der Waals surface area (Å²) < 4.78 is 37.9. The van der Waals surface area contributed by atoms with Crippen LogP contribution < -0.4 is 14.8 Å². The highest BCUT2D eigenvalue weighted by Gasteiger charge is 2.17. The monoisotopic (exact) mass is 498 g/mol. The number of sulfone groups is 1. The molecule has 0 saturated carbocycles. The van der Waals surface area contributed by atoms with Crippen LogP contribution in [0, 0.1) is 25.2 Å². The summed E-state index contributed by atoms with van der Waals surface area (Å²) in [5.74, 6) is 0.684. The van der Waals surface area contributed by atoms with E-state index in [-0.39, 0.29) is 15.9 Å². The van der Waals surface area contributed by atoms with Gasteiger partial charge < -0.3 is 9.47 Å². The van der Waals surface area contributed by atoms with Crippen LogP contribution in [0.4, 0.5) is 5.13 Å². The number of carbonyl (C=O) groups is 1. The van der Waals surface area contributed by atoms with Crippen molar-refractivity contribution in [2.75, 3.05) is 24.8 Å². The second-order valence-corrected chi connectivity index (χ2v) is 9.95. The molecule has 0 radical (unpaired) electrons. The highest BCUT2D eigenvalue weighted by atomic mass is 32.2. The van der Waals surface area contributed by atoms with E-state index in [0.717, 1.165) is 17.6 Å². The molecule has 1 aromatic heterocycles. The second kappa shape index (κ2) is 10.9. The Morgan fingerprint density at radius 2 is 1.74 bits per heavy atom. The first-order valence-corrected chi connectivity index (χ1v) is 12.7. The Kier molecular flexibility index (Phi) is 7.99. The van der Waals surface area contributed by atoms with Gasteiger partial charge in [0, 0.05) is 17.8 Å². The maximum Gasteiger partial charge on any atom is 0.268 e. The van der Waals surface area contributed by atoms with E-state index in [1.807, 2.05) is 38.1 Å². The number of nitriles is 1. The van der Waals surface area contributed by atoms with Crippen LogP contribution in [0.2, 0.25) is 0 Å². The summed E-state index contributed by atoms with van der Waals surface area (Å²) in [5, 5.41) is 11.3. The lowest BCUT2D eigenvalue weighted by Gasteiger charge is -2.10. The topological polar surface area (TPSA) is 131 Å². The minimum atomic E-state index is -3.58. The van der Waals surface area contributed by atoms with Crippen LogP contribution in [-0.4, -0.2) is 43.2 Å². The van der Waals surface area contributed by atoms with Crippen LogP contribution in [0.15, 0.2) is 53.2 Å². The average Bonchev–Trinajstić information content (AvgIpc) is 3.27. The number of anilines is 1. The zero-order valence-corrected chi connectivity index (χ0v) is 20.4. The van der Waals surface area contributed by atoms with Gasteiger partial charge in [0.05, 0.1) is 0 Å². The summed E-state index contributed by atoms with van der Waals surface area (Å²) in [6.07, 6.45) is 2.37. The molecule has 0 fully saturated rings. The maximum absolute atomic E-state index is 12.4. The standard InChI is InChI=1S/C23H22N4O5S2/c1-15-4-7-20(12-16(15)2)32-11-10-31-19-8-5-17(6-9-19)13-18(14-24)21(28)25-22-26-23(27-33-22)34(3,29)30/h4-9,12-13H,10-11H2,1-3H3,(H,25,26,27,28)/b18-13-. The van der Waals surface area contributed by atoms with Crippen molar-refractivity contribution < 1.29 is 22.7 Å². The van der Waals surface area contributed by atoms with E-state index in [1.54, 1.807) is 24.3 Å². The van der Waals surface area contributed by atoms with Crippen LogP contribution in [0.25, 0.3) is 6.08 Å². The van der Waals surface area contributed by atoms with Gasteiger partial charge in [-0.25, -0.2) is 8.42 Å². The minimum Gasteiger partial charge on any atom is -0.490 e. The lowest BCUT2D eigenvalue weighted by molar-refractivity contribution is -0.112. The molecule has 0 saturated heterocycles. The van der Waals surface area contributed by atoms with E-state index in [2.05, 4.69) is 14.7 Å². The number of nitrogens with zero attached hydrogens (tertiary/aromatic N) is 3. The van der Waals surface area contributed by atoms with Crippen molar-refractivity contribution in [3.63, 3.8) is 0 Å². The predicted octanol–water partition coefficient (Wildman–Crippen LogP) is 3.56. The molecule has 9 nitrogen and oxygen atoms in total. The number of ether oxygens (including phenoxy) is 2. The summed E-state index contributed by atoms with van der Waals surface area (Å²) >= 11 is 0.714. The largest absolute Gasteiger partial charge is 0.490 e. The molecule has 1 heterocycles. The van der Waals surface area contributed by atoms with E-state index in [1.165, 1.54) is 11.6 Å². The smallest absolute Gasteiger partial charge is 0.268 e. The number of nitrogens with one attached hydrogen (secondary N) is 1. The summed E-state index contributed by atoms with van der Waals surface area (Å²) in [6.45, 7) is 4.81. The van der Waals surface area contributed by atoms with Crippen molar-refractivity contribution in [1.82, 2.24) is 9.36 Å². The van der Waals surface area contributed by atoms with Crippen LogP contribution in [0.5, 0.6) is 11.5 Å². The lowest BCUT2D eigenvalue weighted by Crippen LogP contribution is -2.13. The third-order valence-corrected chi connectivity index (χ3v) is 6.21. The van der Waals surface area contributed by atoms with Gasteiger partial charge in [-0.15, -0.1) is 0 Å². The summed E-state index contributed by atoms with van der Waals surface area (Å²) in [6, 6.07) is 14.6. The van der Waals surface area contributed by atoms with Gasteiger partial charge in [-0.1, -0.05) is 18.2 Å². The Morgan fingerprint density at radius 1 is 1.09 bits per heavy atom. The van der Waals surface area contributed by atoms with Gasteiger partial charge in [0.25, 0.3) is 11.1 Å². The fraction of sp³-hybridized carbons (Fsp3) is 0.217. The van der Waals surface area contributed by atoms with Crippen molar-refractivity contribution in [1.29, 1.82) is 5.26 Å². The van der Waals surface area contributed by atoms with Crippen molar-refractivity contribution in [3.8, 4) is 17.6 Å². The molecule has 34 heavy (non-hydrogen) atoms. The van der Waals surface area contributed by atoms with Crippen molar-refractivity contribution in [3.05, 3.63) is 64.7 Å². The van der Waals surface area contributed by atoms with E-state index in [0.29, 0.717) is 36.1 Å². The van der Waals surface area contributed by atoms with Gasteiger partial charge in [-0.3, -0.25) is 10.1 Å². The Labute approximate surface area is 201 Å². The molecule has 1 amide bonds. The Hall–Kier alpha value is -3.75. The Morgan fingerprint density at radius 3 is 2.32 bits per heavy atom. The second-order valence-electron chi connectivity index (χ2n) is 7.29. The van der Waals surface area contributed by atoms with Crippen LogP contribution in [0.3, 0.4) is 0 Å². The molecule has 0 spiro atoms.